The van der Waals surface area contributed by atoms with Gasteiger partial charge in [0.2, 0.25) is 0 Å². The highest BCUT2D eigenvalue weighted by Crippen LogP contribution is 2.14. The maximum Gasteiger partial charge on any atom is 0.338 e. The van der Waals surface area contributed by atoms with Crippen molar-refractivity contribution in [2.24, 2.45) is 0 Å². The topological polar surface area (TPSA) is 65.2 Å². The smallest absolute Gasteiger partial charge is 0.338 e. The van der Waals surface area contributed by atoms with E-state index in [4.69, 9.17) is 10.5 Å². The lowest BCUT2D eigenvalue weighted by Crippen LogP contribution is -2.07. The molecule has 4 nitrogen and oxygen atoms in total. The first kappa shape index (κ1) is 12.1. The average molecular weight is 242 g/mol. The van der Waals surface area contributed by atoms with Crippen LogP contribution in [0.3, 0.4) is 0 Å². The molecule has 0 aliphatic heterocycles. The normalized spacial score (nSPS) is 10.1. The van der Waals surface area contributed by atoms with Gasteiger partial charge >= 0.3 is 5.97 Å². The molecule has 0 saturated carbocycles. The Hall–Kier alpha value is -2.36. The Morgan fingerprint density at radius 1 is 1.33 bits per heavy atom. The van der Waals surface area contributed by atoms with Crippen LogP contribution >= 0.6 is 0 Å². The van der Waals surface area contributed by atoms with Crippen molar-refractivity contribution in [1.29, 1.82) is 0 Å². The van der Waals surface area contributed by atoms with E-state index >= 15 is 0 Å². The van der Waals surface area contributed by atoms with Crippen LogP contribution in [0.25, 0.3) is 0 Å². The summed E-state index contributed by atoms with van der Waals surface area (Å²) in [6.45, 7) is 2.05. The molecule has 92 valence electrons. The van der Waals surface area contributed by atoms with E-state index in [2.05, 4.69) is 4.98 Å². The van der Waals surface area contributed by atoms with Gasteiger partial charge in [0.25, 0.3) is 0 Å². The van der Waals surface area contributed by atoms with Crippen molar-refractivity contribution in [2.45, 2.75) is 13.5 Å². The summed E-state index contributed by atoms with van der Waals surface area (Å²) in [5.74, 6) is -0.396. The number of hydrogen-bond acceptors (Lipinski definition) is 4. The second kappa shape index (κ2) is 5.31. The zero-order valence-electron chi connectivity index (χ0n) is 10.1. The molecule has 0 aliphatic rings. The molecule has 1 aromatic carbocycles. The fraction of sp³-hybridized carbons (Fsp3) is 0.143. The Balaban J connectivity index is 2.02. The number of ether oxygens (including phenoxy) is 1. The van der Waals surface area contributed by atoms with Gasteiger partial charge in [-0.1, -0.05) is 12.1 Å². The Labute approximate surface area is 105 Å². The van der Waals surface area contributed by atoms with Gasteiger partial charge < -0.3 is 10.5 Å². The van der Waals surface area contributed by atoms with Gasteiger partial charge in [-0.3, -0.25) is 4.98 Å². The molecule has 2 aromatic rings. The van der Waals surface area contributed by atoms with E-state index in [0.29, 0.717) is 16.9 Å². The molecule has 0 unspecified atom stereocenters. The fourth-order valence-corrected chi connectivity index (χ4v) is 1.47. The Morgan fingerprint density at radius 3 is 2.83 bits per heavy atom. The zero-order valence-corrected chi connectivity index (χ0v) is 10.1. The zero-order chi connectivity index (χ0) is 13.0. The highest BCUT2D eigenvalue weighted by molar-refractivity contribution is 5.90. The van der Waals surface area contributed by atoms with E-state index in [-0.39, 0.29) is 6.61 Å². The Kier molecular flexibility index (Phi) is 3.57. The van der Waals surface area contributed by atoms with Crippen molar-refractivity contribution >= 4 is 11.7 Å². The van der Waals surface area contributed by atoms with E-state index < -0.39 is 5.97 Å². The van der Waals surface area contributed by atoms with Crippen LogP contribution in [0.5, 0.6) is 0 Å². The predicted octanol–water partition coefficient (Wildman–Crippen LogP) is 2.33. The highest BCUT2D eigenvalue weighted by Gasteiger charge is 2.08. The summed E-state index contributed by atoms with van der Waals surface area (Å²) in [7, 11) is 0. The molecule has 4 heteroatoms. The number of hydrogen-bond donors (Lipinski definition) is 1. The first-order valence-electron chi connectivity index (χ1n) is 5.60. The number of benzene rings is 1. The molecule has 2 N–H and O–H groups in total. The van der Waals surface area contributed by atoms with Crippen molar-refractivity contribution in [3.05, 3.63) is 59.4 Å². The van der Waals surface area contributed by atoms with Crippen LogP contribution in [-0.4, -0.2) is 11.0 Å². The number of pyridine rings is 1. The molecule has 0 amide bonds. The van der Waals surface area contributed by atoms with E-state index in [1.54, 1.807) is 30.5 Å². The summed E-state index contributed by atoms with van der Waals surface area (Å²) < 4.78 is 5.15. The lowest BCUT2D eigenvalue weighted by molar-refractivity contribution is 0.0468. The van der Waals surface area contributed by atoms with Gasteiger partial charge in [-0.15, -0.1) is 0 Å². The summed E-state index contributed by atoms with van der Waals surface area (Å²) in [6, 6.07) is 10.6. The lowest BCUT2D eigenvalue weighted by Gasteiger charge is -2.06. The number of anilines is 1. The quantitative estimate of drug-likeness (QED) is 0.662. The number of rotatable bonds is 3. The van der Waals surface area contributed by atoms with E-state index in [9.17, 15) is 4.79 Å². The molecule has 18 heavy (non-hydrogen) atoms. The Bertz CT molecular complexity index is 553. The second-order valence-corrected chi connectivity index (χ2v) is 3.97. The SMILES string of the molecule is Cc1ccc(C(=O)OCc2ccccn2)cc1N. The number of carbonyl (C=O) groups excluding carboxylic acids is 1. The molecule has 2 rings (SSSR count). The summed E-state index contributed by atoms with van der Waals surface area (Å²) in [6.07, 6.45) is 1.66. The first-order chi connectivity index (χ1) is 8.66. The van der Waals surface area contributed by atoms with Crippen LogP contribution in [-0.2, 0) is 11.3 Å². The number of nitrogens with two attached hydrogens (primary N) is 1. The molecular weight excluding hydrogens is 228 g/mol. The molecule has 0 atom stereocenters. The minimum atomic E-state index is -0.396. The van der Waals surface area contributed by atoms with Gasteiger partial charge in [0.05, 0.1) is 11.3 Å². The molecule has 0 spiro atoms. The monoisotopic (exact) mass is 242 g/mol. The summed E-state index contributed by atoms with van der Waals surface area (Å²) >= 11 is 0. The van der Waals surface area contributed by atoms with Gasteiger partial charge in [-0.25, -0.2) is 4.79 Å². The van der Waals surface area contributed by atoms with Gasteiger partial charge in [0, 0.05) is 11.9 Å². The number of carbonyl (C=O) groups is 1. The lowest BCUT2D eigenvalue weighted by atomic mass is 10.1. The molecule has 0 aliphatic carbocycles. The minimum Gasteiger partial charge on any atom is -0.456 e. The summed E-state index contributed by atoms with van der Waals surface area (Å²) in [5, 5.41) is 0. The number of esters is 1. The molecule has 1 aromatic heterocycles. The molecule has 0 saturated heterocycles. The molecule has 0 fully saturated rings. The predicted molar refractivity (Wildman–Crippen MR) is 68.9 cm³/mol. The van der Waals surface area contributed by atoms with Crippen molar-refractivity contribution in [2.75, 3.05) is 5.73 Å². The van der Waals surface area contributed by atoms with E-state index in [1.807, 2.05) is 19.1 Å². The number of nitrogens with zero attached hydrogens (tertiary/aromatic N) is 1. The average Bonchev–Trinajstić information content (AvgIpc) is 2.40. The van der Waals surface area contributed by atoms with Crippen LogP contribution < -0.4 is 5.73 Å². The van der Waals surface area contributed by atoms with Crippen LogP contribution in [0.2, 0.25) is 0 Å². The van der Waals surface area contributed by atoms with Gasteiger partial charge in [0.1, 0.15) is 6.61 Å². The Morgan fingerprint density at radius 2 is 2.17 bits per heavy atom. The van der Waals surface area contributed by atoms with Crippen LogP contribution in [0.4, 0.5) is 5.69 Å². The third-order valence-electron chi connectivity index (χ3n) is 2.59. The fourth-order valence-electron chi connectivity index (χ4n) is 1.47. The molecule has 1 heterocycles. The number of aryl methyl sites for hydroxylation is 1. The van der Waals surface area contributed by atoms with Crippen LogP contribution in [0.1, 0.15) is 21.6 Å². The standard InChI is InChI=1S/C14H14N2O2/c1-10-5-6-11(8-13(10)15)14(17)18-9-12-4-2-3-7-16-12/h2-8H,9,15H2,1H3. The third kappa shape index (κ3) is 2.85. The molecule has 0 radical (unpaired) electrons. The van der Waals surface area contributed by atoms with Gasteiger partial charge in [-0.2, -0.15) is 0 Å². The second-order valence-electron chi connectivity index (χ2n) is 3.97. The van der Waals surface area contributed by atoms with Crippen molar-refractivity contribution in [3.8, 4) is 0 Å². The number of nitrogen functional groups attached to an aromatic ring is 1. The van der Waals surface area contributed by atoms with Crippen molar-refractivity contribution < 1.29 is 9.53 Å². The summed E-state index contributed by atoms with van der Waals surface area (Å²) in [4.78, 5) is 15.9. The van der Waals surface area contributed by atoms with Gasteiger partial charge in [-0.05, 0) is 36.8 Å². The molecular formula is C14H14N2O2. The van der Waals surface area contributed by atoms with Crippen molar-refractivity contribution in [1.82, 2.24) is 4.98 Å². The minimum absolute atomic E-state index is 0.160. The van der Waals surface area contributed by atoms with Gasteiger partial charge in [0.15, 0.2) is 0 Å². The number of aromatic nitrogens is 1. The largest absolute Gasteiger partial charge is 0.456 e. The van der Waals surface area contributed by atoms with E-state index in [0.717, 1.165) is 5.56 Å². The highest BCUT2D eigenvalue weighted by atomic mass is 16.5. The first-order valence-corrected chi connectivity index (χ1v) is 5.60. The third-order valence-corrected chi connectivity index (χ3v) is 2.59. The van der Waals surface area contributed by atoms with E-state index in [1.165, 1.54) is 0 Å². The molecule has 0 bridgehead atoms. The van der Waals surface area contributed by atoms with Crippen LogP contribution in [0, 0.1) is 6.92 Å². The maximum absolute atomic E-state index is 11.8. The summed E-state index contributed by atoms with van der Waals surface area (Å²) in [5.41, 5.74) is 8.44. The van der Waals surface area contributed by atoms with Crippen LogP contribution in [0.15, 0.2) is 42.6 Å². The maximum atomic E-state index is 11.8. The van der Waals surface area contributed by atoms with Crippen molar-refractivity contribution in [3.63, 3.8) is 0 Å².